The Bertz CT molecular complexity index is 252. The van der Waals surface area contributed by atoms with Gasteiger partial charge in [0.05, 0.1) is 6.61 Å². The second-order valence-corrected chi connectivity index (χ2v) is 2.78. The van der Waals surface area contributed by atoms with E-state index in [1.54, 1.807) is 19.9 Å². The highest BCUT2D eigenvalue weighted by molar-refractivity contribution is 5.87. The maximum absolute atomic E-state index is 10.7. The smallest absolute Gasteiger partial charge is 0.333 e. The number of carboxylic acid groups (broad SMARTS) is 1. The normalized spacial score (nSPS) is 9.73. The molecule has 0 unspecified atom stereocenters. The fraction of sp³-hybridized carbons (Fsp3) is 0.455. The third-order valence-electron chi connectivity index (χ3n) is 1.40. The van der Waals surface area contributed by atoms with Crippen LogP contribution in [0.15, 0.2) is 23.8 Å². The highest BCUT2D eigenvalue weighted by Crippen LogP contribution is 1.94. The molecule has 0 heterocycles. The van der Waals surface area contributed by atoms with Gasteiger partial charge in [0.1, 0.15) is 0 Å². The van der Waals surface area contributed by atoms with E-state index in [1.165, 1.54) is 6.92 Å². The number of carbonyl (C=O) groups excluding carboxylic acids is 1. The van der Waals surface area contributed by atoms with Crippen LogP contribution in [-0.4, -0.2) is 23.7 Å². The molecule has 0 amide bonds. The minimum atomic E-state index is -0.935. The highest BCUT2D eigenvalue weighted by atomic mass is 16.5. The Kier molecular flexibility index (Phi) is 9.52. The lowest BCUT2D eigenvalue weighted by atomic mass is 10.3. The van der Waals surface area contributed by atoms with Gasteiger partial charge in [0, 0.05) is 11.1 Å². The predicted octanol–water partition coefficient (Wildman–Crippen LogP) is 2.16. The lowest BCUT2D eigenvalue weighted by molar-refractivity contribution is -0.138. The van der Waals surface area contributed by atoms with E-state index in [-0.39, 0.29) is 11.5 Å². The predicted molar refractivity (Wildman–Crippen MR) is 58.5 cm³/mol. The SMILES string of the molecule is C=C(C)C(=O)O.CC=C(C)C(=O)OCC. The Morgan fingerprint density at radius 2 is 1.80 bits per heavy atom. The monoisotopic (exact) mass is 214 g/mol. The molecule has 0 aromatic heterocycles. The third kappa shape index (κ3) is 10.3. The van der Waals surface area contributed by atoms with Gasteiger partial charge < -0.3 is 9.84 Å². The van der Waals surface area contributed by atoms with Gasteiger partial charge >= 0.3 is 11.9 Å². The first-order valence-corrected chi connectivity index (χ1v) is 4.55. The van der Waals surface area contributed by atoms with Crippen molar-refractivity contribution in [2.45, 2.75) is 27.7 Å². The van der Waals surface area contributed by atoms with Crippen LogP contribution in [0.5, 0.6) is 0 Å². The van der Waals surface area contributed by atoms with Crippen LogP contribution in [0.2, 0.25) is 0 Å². The van der Waals surface area contributed by atoms with Crippen LogP contribution in [0.4, 0.5) is 0 Å². The van der Waals surface area contributed by atoms with Gasteiger partial charge in [-0.2, -0.15) is 0 Å². The van der Waals surface area contributed by atoms with Crippen LogP contribution in [0.25, 0.3) is 0 Å². The summed E-state index contributed by atoms with van der Waals surface area (Å²) in [6.07, 6.45) is 1.73. The molecule has 0 spiro atoms. The van der Waals surface area contributed by atoms with Gasteiger partial charge in [0.2, 0.25) is 0 Å². The van der Waals surface area contributed by atoms with Crippen molar-refractivity contribution in [3.05, 3.63) is 23.8 Å². The fourth-order valence-corrected chi connectivity index (χ4v) is 0.363. The van der Waals surface area contributed by atoms with Crippen LogP contribution in [0, 0.1) is 0 Å². The number of aliphatic carboxylic acids is 1. The number of ether oxygens (including phenoxy) is 1. The van der Waals surface area contributed by atoms with Crippen molar-refractivity contribution in [2.24, 2.45) is 0 Å². The van der Waals surface area contributed by atoms with Crippen molar-refractivity contribution in [3.63, 3.8) is 0 Å². The minimum absolute atomic E-state index is 0.176. The van der Waals surface area contributed by atoms with Crippen molar-refractivity contribution in [1.29, 1.82) is 0 Å². The number of allylic oxidation sites excluding steroid dienone is 1. The topological polar surface area (TPSA) is 63.6 Å². The van der Waals surface area contributed by atoms with Gasteiger partial charge in [-0.15, -0.1) is 0 Å². The van der Waals surface area contributed by atoms with E-state index < -0.39 is 5.97 Å². The van der Waals surface area contributed by atoms with Gasteiger partial charge in [-0.3, -0.25) is 0 Å². The van der Waals surface area contributed by atoms with Crippen LogP contribution < -0.4 is 0 Å². The molecule has 0 fully saturated rings. The Morgan fingerprint density at radius 1 is 1.40 bits per heavy atom. The summed E-state index contributed by atoms with van der Waals surface area (Å²) in [6, 6.07) is 0. The summed E-state index contributed by atoms with van der Waals surface area (Å²) in [4.78, 5) is 20.3. The molecule has 0 saturated heterocycles. The van der Waals surface area contributed by atoms with Crippen molar-refractivity contribution >= 4 is 11.9 Å². The van der Waals surface area contributed by atoms with Gasteiger partial charge in [0.15, 0.2) is 0 Å². The van der Waals surface area contributed by atoms with Gasteiger partial charge in [-0.1, -0.05) is 12.7 Å². The summed E-state index contributed by atoms with van der Waals surface area (Å²) < 4.78 is 4.69. The maximum atomic E-state index is 10.7. The molecule has 0 aromatic rings. The molecule has 0 aliphatic heterocycles. The van der Waals surface area contributed by atoms with Crippen molar-refractivity contribution < 1.29 is 19.4 Å². The molecule has 0 rings (SSSR count). The molecule has 4 heteroatoms. The summed E-state index contributed by atoms with van der Waals surface area (Å²) in [5, 5.41) is 7.89. The lowest BCUT2D eigenvalue weighted by Crippen LogP contribution is -2.04. The van der Waals surface area contributed by atoms with E-state index in [4.69, 9.17) is 5.11 Å². The first-order chi connectivity index (χ1) is 6.86. The molecule has 0 aliphatic carbocycles. The van der Waals surface area contributed by atoms with E-state index >= 15 is 0 Å². The minimum Gasteiger partial charge on any atom is -0.478 e. The van der Waals surface area contributed by atoms with Crippen LogP contribution in [-0.2, 0) is 14.3 Å². The first kappa shape index (κ1) is 15.9. The molecule has 0 radical (unpaired) electrons. The number of hydrogen-bond acceptors (Lipinski definition) is 3. The maximum Gasteiger partial charge on any atom is 0.333 e. The second-order valence-electron chi connectivity index (χ2n) is 2.78. The highest BCUT2D eigenvalue weighted by Gasteiger charge is 2.00. The standard InChI is InChI=1S/C7H12O2.C4H6O2/c1-4-6(3)7(8)9-5-2;1-3(2)4(5)6/h4H,5H2,1-3H3;1H2,2H3,(H,5,6). The molecule has 4 nitrogen and oxygen atoms in total. The van der Waals surface area contributed by atoms with Crippen LogP contribution >= 0.6 is 0 Å². The summed E-state index contributed by atoms with van der Waals surface area (Å²) in [6.45, 7) is 10.4. The molecular formula is C11H18O4. The molecule has 86 valence electrons. The largest absolute Gasteiger partial charge is 0.478 e. The molecule has 0 aromatic carbocycles. The zero-order valence-electron chi connectivity index (χ0n) is 9.66. The Hall–Kier alpha value is -1.58. The zero-order valence-corrected chi connectivity index (χ0v) is 9.66. The van der Waals surface area contributed by atoms with Gasteiger partial charge in [0.25, 0.3) is 0 Å². The van der Waals surface area contributed by atoms with E-state index in [0.29, 0.717) is 12.2 Å². The number of carbonyl (C=O) groups is 2. The average molecular weight is 214 g/mol. The van der Waals surface area contributed by atoms with Crippen LogP contribution in [0.1, 0.15) is 27.7 Å². The van der Waals surface area contributed by atoms with Gasteiger partial charge in [-0.25, -0.2) is 9.59 Å². The third-order valence-corrected chi connectivity index (χ3v) is 1.40. The first-order valence-electron chi connectivity index (χ1n) is 4.55. The summed E-state index contributed by atoms with van der Waals surface area (Å²) in [7, 11) is 0. The summed E-state index contributed by atoms with van der Waals surface area (Å²) >= 11 is 0. The molecule has 0 atom stereocenters. The number of carboxylic acids is 1. The number of rotatable bonds is 3. The quantitative estimate of drug-likeness (QED) is 0.577. The molecular weight excluding hydrogens is 196 g/mol. The van der Waals surface area contributed by atoms with Crippen LogP contribution in [0.3, 0.4) is 0 Å². The second kappa shape index (κ2) is 8.99. The van der Waals surface area contributed by atoms with Crippen molar-refractivity contribution in [3.8, 4) is 0 Å². The number of hydrogen-bond donors (Lipinski definition) is 1. The summed E-state index contributed by atoms with van der Waals surface area (Å²) in [5.41, 5.74) is 0.840. The summed E-state index contributed by atoms with van der Waals surface area (Å²) in [5.74, 6) is -1.16. The molecule has 0 aliphatic rings. The average Bonchev–Trinajstić information content (AvgIpc) is 2.17. The van der Waals surface area contributed by atoms with E-state index in [0.717, 1.165) is 0 Å². The molecule has 15 heavy (non-hydrogen) atoms. The molecule has 0 bridgehead atoms. The van der Waals surface area contributed by atoms with E-state index in [1.807, 2.05) is 6.92 Å². The van der Waals surface area contributed by atoms with Crippen molar-refractivity contribution in [1.82, 2.24) is 0 Å². The number of esters is 1. The van der Waals surface area contributed by atoms with Crippen molar-refractivity contribution in [2.75, 3.05) is 6.61 Å². The van der Waals surface area contributed by atoms with E-state index in [9.17, 15) is 9.59 Å². The van der Waals surface area contributed by atoms with E-state index in [2.05, 4.69) is 11.3 Å². The Morgan fingerprint density at radius 3 is 2.00 bits per heavy atom. The Balaban J connectivity index is 0. The Labute approximate surface area is 90.2 Å². The fourth-order valence-electron chi connectivity index (χ4n) is 0.363. The molecule has 0 saturated carbocycles. The molecule has 1 N–H and O–H groups in total. The lowest BCUT2D eigenvalue weighted by Gasteiger charge is -1.98. The van der Waals surface area contributed by atoms with Gasteiger partial charge in [-0.05, 0) is 27.7 Å². The zero-order chi connectivity index (χ0) is 12.4.